The fraction of sp³-hybridized carbons (Fsp3) is 0.417. The second-order valence-corrected chi connectivity index (χ2v) is 4.59. The van der Waals surface area contributed by atoms with Crippen molar-refractivity contribution >= 4 is 23.1 Å². The predicted molar refractivity (Wildman–Crippen MR) is 66.3 cm³/mol. The number of rotatable bonds is 5. The lowest BCUT2D eigenvalue weighted by molar-refractivity contribution is -0.385. The highest BCUT2D eigenvalue weighted by molar-refractivity contribution is 6.30. The van der Waals surface area contributed by atoms with Crippen LogP contribution in [0.3, 0.4) is 0 Å². The van der Waals surface area contributed by atoms with E-state index >= 15 is 0 Å². The van der Waals surface area contributed by atoms with Crippen molar-refractivity contribution in [2.75, 3.05) is 0 Å². The number of Topliss-reactive ketones (excluding diaryl/α,β-unsaturated/α-hetero) is 1. The molecule has 17 heavy (non-hydrogen) atoms. The quantitative estimate of drug-likeness (QED) is 0.598. The Morgan fingerprint density at radius 3 is 2.65 bits per heavy atom. The molecule has 4 nitrogen and oxygen atoms in total. The van der Waals surface area contributed by atoms with Crippen LogP contribution in [0, 0.1) is 16.0 Å². The number of hydrogen-bond acceptors (Lipinski definition) is 3. The second kappa shape index (κ2) is 5.77. The number of nitrogens with zero attached hydrogens (tertiary/aromatic N) is 1. The number of carbonyl (C=O) groups is 1. The lowest BCUT2D eigenvalue weighted by atomic mass is 10.0. The van der Waals surface area contributed by atoms with Gasteiger partial charge >= 0.3 is 0 Å². The van der Waals surface area contributed by atoms with Crippen molar-refractivity contribution < 1.29 is 9.72 Å². The normalized spacial score (nSPS) is 10.6. The fourth-order valence-electron chi connectivity index (χ4n) is 1.46. The van der Waals surface area contributed by atoms with Gasteiger partial charge < -0.3 is 0 Å². The minimum absolute atomic E-state index is 0.0194. The summed E-state index contributed by atoms with van der Waals surface area (Å²) in [6, 6.07) is 4.52. The van der Waals surface area contributed by atoms with E-state index in [1.54, 1.807) is 12.1 Å². The number of hydrogen-bond donors (Lipinski definition) is 0. The second-order valence-electron chi connectivity index (χ2n) is 4.15. The molecule has 0 fully saturated rings. The van der Waals surface area contributed by atoms with Gasteiger partial charge in [0.15, 0.2) is 0 Å². The van der Waals surface area contributed by atoms with Crippen molar-refractivity contribution in [2.45, 2.75) is 26.7 Å². The average molecular weight is 256 g/mol. The summed E-state index contributed by atoms with van der Waals surface area (Å²) in [7, 11) is 0. The van der Waals surface area contributed by atoms with Crippen LogP contribution in [0.5, 0.6) is 0 Å². The molecule has 0 saturated heterocycles. The Bertz CT molecular complexity index is 443. The zero-order valence-electron chi connectivity index (χ0n) is 9.77. The topological polar surface area (TPSA) is 60.2 Å². The van der Waals surface area contributed by atoms with Crippen LogP contribution in [0.2, 0.25) is 5.02 Å². The Kier molecular flexibility index (Phi) is 4.63. The maximum atomic E-state index is 11.5. The van der Waals surface area contributed by atoms with Gasteiger partial charge in [0.1, 0.15) is 5.78 Å². The van der Waals surface area contributed by atoms with Gasteiger partial charge in [0.2, 0.25) is 0 Å². The molecule has 0 bridgehead atoms. The third-order valence-electron chi connectivity index (χ3n) is 2.53. The summed E-state index contributed by atoms with van der Waals surface area (Å²) >= 11 is 5.70. The number of aryl methyl sites for hydroxylation is 1. The summed E-state index contributed by atoms with van der Waals surface area (Å²) in [6.07, 6.45) is 0.699. The van der Waals surface area contributed by atoms with E-state index in [1.165, 1.54) is 6.07 Å². The number of nitro groups is 1. The highest BCUT2D eigenvalue weighted by Gasteiger charge is 2.16. The third kappa shape index (κ3) is 3.82. The lowest BCUT2D eigenvalue weighted by Crippen LogP contribution is -2.08. The van der Waals surface area contributed by atoms with Crippen LogP contribution in [0.1, 0.15) is 25.8 Å². The first kappa shape index (κ1) is 13.6. The van der Waals surface area contributed by atoms with Gasteiger partial charge in [0, 0.05) is 29.0 Å². The van der Waals surface area contributed by atoms with Crippen LogP contribution in [0.25, 0.3) is 0 Å². The Balaban J connectivity index is 2.84. The first-order valence-electron chi connectivity index (χ1n) is 5.37. The summed E-state index contributed by atoms with van der Waals surface area (Å²) in [5.41, 5.74) is 0.530. The van der Waals surface area contributed by atoms with Gasteiger partial charge in [-0.05, 0) is 12.5 Å². The zero-order valence-corrected chi connectivity index (χ0v) is 10.5. The maximum Gasteiger partial charge on any atom is 0.274 e. The van der Waals surface area contributed by atoms with E-state index in [0.29, 0.717) is 23.4 Å². The molecule has 92 valence electrons. The van der Waals surface area contributed by atoms with Crippen molar-refractivity contribution in [1.29, 1.82) is 0 Å². The lowest BCUT2D eigenvalue weighted by Gasteiger charge is -2.05. The van der Waals surface area contributed by atoms with E-state index in [1.807, 2.05) is 13.8 Å². The summed E-state index contributed by atoms with van der Waals surface area (Å²) in [6.45, 7) is 3.64. The number of nitro benzene ring substituents is 1. The van der Waals surface area contributed by atoms with Gasteiger partial charge in [-0.1, -0.05) is 31.5 Å². The number of halogens is 1. The van der Waals surface area contributed by atoms with E-state index in [0.717, 1.165) is 0 Å². The van der Waals surface area contributed by atoms with Gasteiger partial charge in [-0.2, -0.15) is 0 Å². The maximum absolute atomic E-state index is 11.5. The van der Waals surface area contributed by atoms with E-state index in [2.05, 4.69) is 0 Å². The molecule has 0 aromatic heterocycles. The molecule has 0 heterocycles. The molecule has 0 unspecified atom stereocenters. The van der Waals surface area contributed by atoms with Crippen molar-refractivity contribution in [2.24, 2.45) is 5.92 Å². The molecule has 0 aliphatic carbocycles. The van der Waals surface area contributed by atoms with Crippen LogP contribution >= 0.6 is 11.6 Å². The van der Waals surface area contributed by atoms with Crippen LogP contribution in [-0.2, 0) is 11.2 Å². The molecule has 1 aromatic carbocycles. The molecule has 0 spiro atoms. The Labute approximate surface area is 105 Å². The molecule has 0 aliphatic rings. The van der Waals surface area contributed by atoms with Crippen LogP contribution in [-0.4, -0.2) is 10.7 Å². The molecule has 0 radical (unpaired) electrons. The standard InChI is InChI=1S/C12H14ClNO3/c1-8(2)12(15)6-4-9-3-5-10(13)7-11(9)14(16)17/h3,5,7-8H,4,6H2,1-2H3. The van der Waals surface area contributed by atoms with Crippen molar-refractivity contribution in [3.8, 4) is 0 Å². The molecule has 1 rings (SSSR count). The van der Waals surface area contributed by atoms with Crippen LogP contribution in [0.15, 0.2) is 18.2 Å². The Hall–Kier alpha value is -1.42. The van der Waals surface area contributed by atoms with Crippen molar-refractivity contribution in [3.05, 3.63) is 38.9 Å². The van der Waals surface area contributed by atoms with E-state index in [4.69, 9.17) is 11.6 Å². The highest BCUT2D eigenvalue weighted by Crippen LogP contribution is 2.24. The van der Waals surface area contributed by atoms with Gasteiger partial charge in [-0.25, -0.2) is 0 Å². The molecule has 0 amide bonds. The summed E-state index contributed by atoms with van der Waals surface area (Å²) in [5.74, 6) is 0.0654. The number of ketones is 1. The van der Waals surface area contributed by atoms with E-state index in [9.17, 15) is 14.9 Å². The molecule has 0 saturated carbocycles. The molecule has 0 atom stereocenters. The average Bonchev–Trinajstić information content (AvgIpc) is 2.26. The number of carbonyl (C=O) groups excluding carboxylic acids is 1. The number of benzene rings is 1. The first-order valence-corrected chi connectivity index (χ1v) is 5.75. The van der Waals surface area contributed by atoms with Gasteiger partial charge in [0.25, 0.3) is 5.69 Å². The monoisotopic (exact) mass is 255 g/mol. The zero-order chi connectivity index (χ0) is 13.0. The van der Waals surface area contributed by atoms with E-state index in [-0.39, 0.29) is 17.4 Å². The van der Waals surface area contributed by atoms with Crippen LogP contribution < -0.4 is 0 Å². The molecule has 0 N–H and O–H groups in total. The molecule has 1 aromatic rings. The Morgan fingerprint density at radius 1 is 1.47 bits per heavy atom. The molecule has 5 heteroatoms. The van der Waals surface area contributed by atoms with E-state index < -0.39 is 4.92 Å². The fourth-order valence-corrected chi connectivity index (χ4v) is 1.63. The highest BCUT2D eigenvalue weighted by atomic mass is 35.5. The summed E-state index contributed by atoms with van der Waals surface area (Å²) in [4.78, 5) is 21.8. The van der Waals surface area contributed by atoms with Crippen LogP contribution in [0.4, 0.5) is 5.69 Å². The predicted octanol–water partition coefficient (Wildman–Crippen LogP) is 3.41. The minimum Gasteiger partial charge on any atom is -0.299 e. The third-order valence-corrected chi connectivity index (χ3v) is 2.76. The van der Waals surface area contributed by atoms with Gasteiger partial charge in [-0.15, -0.1) is 0 Å². The summed E-state index contributed by atoms with van der Waals surface area (Å²) in [5, 5.41) is 11.1. The smallest absolute Gasteiger partial charge is 0.274 e. The Morgan fingerprint density at radius 2 is 2.12 bits per heavy atom. The largest absolute Gasteiger partial charge is 0.299 e. The van der Waals surface area contributed by atoms with Crippen molar-refractivity contribution in [3.63, 3.8) is 0 Å². The van der Waals surface area contributed by atoms with Gasteiger partial charge in [0.05, 0.1) is 4.92 Å². The van der Waals surface area contributed by atoms with Gasteiger partial charge in [-0.3, -0.25) is 14.9 Å². The molecule has 0 aliphatic heterocycles. The summed E-state index contributed by atoms with van der Waals surface area (Å²) < 4.78 is 0. The van der Waals surface area contributed by atoms with Crippen molar-refractivity contribution in [1.82, 2.24) is 0 Å². The molecular formula is C12H14ClNO3. The minimum atomic E-state index is -0.471. The SMILES string of the molecule is CC(C)C(=O)CCc1ccc(Cl)cc1[N+](=O)[O-]. The first-order chi connectivity index (χ1) is 7.91. The molecular weight excluding hydrogens is 242 g/mol.